The van der Waals surface area contributed by atoms with Crippen LogP contribution < -0.4 is 4.74 Å². The zero-order valence-corrected chi connectivity index (χ0v) is 10.2. The standard InChI is InChI=1S/C13H12FNO4/c1-18-13-7-6-12(19-13)11(8-15(16)17)9-2-4-10(14)5-3-9/h2-7,11H,8H2,1H3/t11-/m1/s1. The second-order valence-corrected chi connectivity index (χ2v) is 3.98. The van der Waals surface area contributed by atoms with Gasteiger partial charge in [-0.2, -0.15) is 0 Å². The van der Waals surface area contributed by atoms with Crippen molar-refractivity contribution in [2.24, 2.45) is 0 Å². The van der Waals surface area contributed by atoms with Crippen LogP contribution in [0.15, 0.2) is 40.8 Å². The molecule has 0 amide bonds. The van der Waals surface area contributed by atoms with Crippen molar-refractivity contribution in [3.63, 3.8) is 0 Å². The molecule has 1 aromatic carbocycles. The molecule has 0 aliphatic heterocycles. The van der Waals surface area contributed by atoms with E-state index < -0.39 is 10.8 Å². The molecule has 0 unspecified atom stereocenters. The Labute approximate surface area is 108 Å². The quantitative estimate of drug-likeness (QED) is 0.616. The van der Waals surface area contributed by atoms with E-state index in [1.807, 2.05) is 0 Å². The topological polar surface area (TPSA) is 65.5 Å². The van der Waals surface area contributed by atoms with Gasteiger partial charge in [-0.15, -0.1) is 0 Å². The summed E-state index contributed by atoms with van der Waals surface area (Å²) in [5.74, 6) is -0.259. The zero-order valence-electron chi connectivity index (χ0n) is 10.2. The van der Waals surface area contributed by atoms with Crippen LogP contribution in [-0.2, 0) is 0 Å². The van der Waals surface area contributed by atoms with Gasteiger partial charge < -0.3 is 9.15 Å². The molecular formula is C13H12FNO4. The van der Waals surface area contributed by atoms with Gasteiger partial charge in [0.2, 0.25) is 6.54 Å². The summed E-state index contributed by atoms with van der Waals surface area (Å²) in [5.41, 5.74) is 0.620. The first kappa shape index (κ1) is 13.1. The molecule has 6 heteroatoms. The first-order valence-electron chi connectivity index (χ1n) is 5.61. The Morgan fingerprint density at radius 2 is 2.00 bits per heavy atom. The summed E-state index contributed by atoms with van der Waals surface area (Å²) in [6.07, 6.45) is 0. The molecule has 19 heavy (non-hydrogen) atoms. The molecule has 1 atom stereocenters. The van der Waals surface area contributed by atoms with Crippen LogP contribution in [0.4, 0.5) is 4.39 Å². The van der Waals surface area contributed by atoms with Crippen LogP contribution in [0, 0.1) is 15.9 Å². The summed E-state index contributed by atoms with van der Waals surface area (Å²) in [5, 5.41) is 10.8. The van der Waals surface area contributed by atoms with Gasteiger partial charge in [-0.1, -0.05) is 12.1 Å². The summed E-state index contributed by atoms with van der Waals surface area (Å²) in [6, 6.07) is 8.77. The third-order valence-electron chi connectivity index (χ3n) is 2.75. The van der Waals surface area contributed by atoms with E-state index in [2.05, 4.69) is 0 Å². The molecule has 100 valence electrons. The minimum Gasteiger partial charge on any atom is -0.468 e. The zero-order chi connectivity index (χ0) is 13.8. The van der Waals surface area contributed by atoms with Crippen molar-refractivity contribution in [3.05, 3.63) is 63.7 Å². The molecule has 0 fully saturated rings. The van der Waals surface area contributed by atoms with Gasteiger partial charge in [0, 0.05) is 11.0 Å². The fraction of sp³-hybridized carbons (Fsp3) is 0.231. The Hall–Kier alpha value is -2.37. The van der Waals surface area contributed by atoms with Crippen molar-refractivity contribution in [2.75, 3.05) is 13.7 Å². The van der Waals surface area contributed by atoms with E-state index in [-0.39, 0.29) is 18.3 Å². The lowest BCUT2D eigenvalue weighted by Gasteiger charge is -2.10. The first-order valence-corrected chi connectivity index (χ1v) is 5.61. The van der Waals surface area contributed by atoms with E-state index in [0.29, 0.717) is 11.3 Å². The number of nitrogens with zero attached hydrogens (tertiary/aromatic N) is 1. The lowest BCUT2D eigenvalue weighted by Crippen LogP contribution is -2.13. The molecule has 0 aliphatic carbocycles. The van der Waals surface area contributed by atoms with Gasteiger partial charge in [0.15, 0.2) is 0 Å². The second kappa shape index (κ2) is 5.51. The molecule has 2 rings (SSSR count). The van der Waals surface area contributed by atoms with Gasteiger partial charge in [0.25, 0.3) is 5.95 Å². The van der Waals surface area contributed by atoms with Gasteiger partial charge >= 0.3 is 0 Å². The SMILES string of the molecule is COc1ccc([C@H](C[N+](=O)[O-])c2ccc(F)cc2)o1. The van der Waals surface area contributed by atoms with Crippen molar-refractivity contribution in [3.8, 4) is 5.95 Å². The molecule has 0 radical (unpaired) electrons. The molecule has 0 spiro atoms. The van der Waals surface area contributed by atoms with Crippen molar-refractivity contribution >= 4 is 0 Å². The predicted molar refractivity (Wildman–Crippen MR) is 65.4 cm³/mol. The fourth-order valence-corrected chi connectivity index (χ4v) is 1.84. The van der Waals surface area contributed by atoms with Gasteiger partial charge in [0.05, 0.1) is 7.11 Å². The fourth-order valence-electron chi connectivity index (χ4n) is 1.84. The number of ether oxygens (including phenoxy) is 1. The monoisotopic (exact) mass is 265 g/mol. The highest BCUT2D eigenvalue weighted by Gasteiger charge is 2.23. The molecule has 0 aliphatic rings. The number of hydrogen-bond acceptors (Lipinski definition) is 4. The van der Waals surface area contributed by atoms with E-state index in [4.69, 9.17) is 9.15 Å². The molecule has 2 aromatic rings. The number of furan rings is 1. The Kier molecular flexibility index (Phi) is 3.79. The summed E-state index contributed by atoms with van der Waals surface area (Å²) >= 11 is 0. The number of rotatable bonds is 5. The van der Waals surface area contributed by atoms with Crippen LogP contribution in [0.2, 0.25) is 0 Å². The van der Waals surface area contributed by atoms with Gasteiger partial charge in [-0.05, 0) is 23.8 Å². The molecule has 0 saturated carbocycles. The van der Waals surface area contributed by atoms with Crippen molar-refractivity contribution in [1.82, 2.24) is 0 Å². The Morgan fingerprint density at radius 1 is 1.32 bits per heavy atom. The molecule has 5 nitrogen and oxygen atoms in total. The number of benzene rings is 1. The Morgan fingerprint density at radius 3 is 2.53 bits per heavy atom. The van der Waals surface area contributed by atoms with E-state index in [9.17, 15) is 14.5 Å². The van der Waals surface area contributed by atoms with Gasteiger partial charge in [0.1, 0.15) is 17.5 Å². The third-order valence-corrected chi connectivity index (χ3v) is 2.75. The molecule has 0 N–H and O–H groups in total. The van der Waals surface area contributed by atoms with Gasteiger partial charge in [-0.25, -0.2) is 4.39 Å². The summed E-state index contributed by atoms with van der Waals surface area (Å²) < 4.78 is 23.2. The van der Waals surface area contributed by atoms with E-state index in [1.54, 1.807) is 12.1 Å². The van der Waals surface area contributed by atoms with Crippen molar-refractivity contribution < 1.29 is 18.5 Å². The maximum Gasteiger partial charge on any atom is 0.284 e. The largest absolute Gasteiger partial charge is 0.468 e. The molecule has 0 saturated heterocycles. The average molecular weight is 265 g/mol. The maximum atomic E-state index is 12.9. The third kappa shape index (κ3) is 3.09. The van der Waals surface area contributed by atoms with Crippen LogP contribution in [-0.4, -0.2) is 18.6 Å². The van der Waals surface area contributed by atoms with Crippen LogP contribution in [0.25, 0.3) is 0 Å². The van der Waals surface area contributed by atoms with E-state index in [1.165, 1.54) is 31.4 Å². The minimum atomic E-state index is -0.570. The lowest BCUT2D eigenvalue weighted by molar-refractivity contribution is -0.482. The summed E-state index contributed by atoms with van der Waals surface area (Å²) in [6.45, 7) is -0.331. The first-order chi connectivity index (χ1) is 9.10. The minimum absolute atomic E-state index is 0.283. The molecular weight excluding hydrogens is 253 g/mol. The van der Waals surface area contributed by atoms with Gasteiger partial charge in [-0.3, -0.25) is 10.1 Å². The number of methoxy groups -OCH3 is 1. The van der Waals surface area contributed by atoms with Crippen LogP contribution in [0.1, 0.15) is 17.2 Å². The predicted octanol–water partition coefficient (Wildman–Crippen LogP) is 2.84. The van der Waals surface area contributed by atoms with Crippen LogP contribution >= 0.6 is 0 Å². The molecule has 1 heterocycles. The number of halogens is 1. The maximum absolute atomic E-state index is 12.9. The highest BCUT2D eigenvalue weighted by Crippen LogP contribution is 2.29. The van der Waals surface area contributed by atoms with Crippen molar-refractivity contribution in [2.45, 2.75) is 5.92 Å². The Balaban J connectivity index is 2.34. The highest BCUT2D eigenvalue weighted by atomic mass is 19.1. The summed E-state index contributed by atoms with van der Waals surface area (Å²) in [4.78, 5) is 10.3. The molecule has 1 aromatic heterocycles. The van der Waals surface area contributed by atoms with E-state index in [0.717, 1.165) is 0 Å². The number of hydrogen-bond donors (Lipinski definition) is 0. The van der Waals surface area contributed by atoms with E-state index >= 15 is 0 Å². The molecule has 0 bridgehead atoms. The Bertz CT molecular complexity index is 564. The van der Waals surface area contributed by atoms with Crippen LogP contribution in [0.3, 0.4) is 0 Å². The highest BCUT2D eigenvalue weighted by molar-refractivity contribution is 5.29. The normalized spacial score (nSPS) is 12.1. The number of nitro groups is 1. The second-order valence-electron chi connectivity index (χ2n) is 3.98. The van der Waals surface area contributed by atoms with Crippen molar-refractivity contribution in [1.29, 1.82) is 0 Å². The summed E-state index contributed by atoms with van der Waals surface area (Å²) in [7, 11) is 1.45. The lowest BCUT2D eigenvalue weighted by atomic mass is 9.97. The van der Waals surface area contributed by atoms with Crippen LogP contribution in [0.5, 0.6) is 5.95 Å². The smallest absolute Gasteiger partial charge is 0.284 e. The average Bonchev–Trinajstić information content (AvgIpc) is 2.85.